The fourth-order valence-corrected chi connectivity index (χ4v) is 1.70. The summed E-state index contributed by atoms with van der Waals surface area (Å²) < 4.78 is 22.7. The summed E-state index contributed by atoms with van der Waals surface area (Å²) in [6, 6.07) is 0.149. The molecule has 16 heavy (non-hydrogen) atoms. The highest BCUT2D eigenvalue weighted by Gasteiger charge is 2.23. The predicted molar refractivity (Wildman–Crippen MR) is 58.0 cm³/mol. The van der Waals surface area contributed by atoms with Crippen LogP contribution >= 0.6 is 0 Å². The van der Waals surface area contributed by atoms with Crippen molar-refractivity contribution in [3.63, 3.8) is 0 Å². The summed E-state index contributed by atoms with van der Waals surface area (Å²) in [6.07, 6.45) is 1.86. The van der Waals surface area contributed by atoms with E-state index in [0.717, 1.165) is 12.8 Å². The van der Waals surface area contributed by atoms with Crippen LogP contribution in [0.25, 0.3) is 0 Å². The molecule has 0 amide bonds. The van der Waals surface area contributed by atoms with Gasteiger partial charge in [-0.15, -0.1) is 0 Å². The minimum atomic E-state index is -0.729. The molecule has 0 aromatic carbocycles. The number of hydrogen-bond acceptors (Lipinski definition) is 4. The number of carbonyl (C=O) groups excluding carboxylic acids is 1. The number of alkyl halides is 1. The highest BCUT2D eigenvalue weighted by atomic mass is 19.1. The van der Waals surface area contributed by atoms with Crippen LogP contribution < -0.4 is 5.32 Å². The summed E-state index contributed by atoms with van der Waals surface area (Å²) in [7, 11) is 1.39. The highest BCUT2D eigenvalue weighted by molar-refractivity contribution is 5.68. The number of nitrogens with one attached hydrogen (secondary N) is 1. The molecule has 1 rings (SSSR count). The Morgan fingerprint density at radius 2 is 2.31 bits per heavy atom. The molecular formula is C11H20FNO3. The van der Waals surface area contributed by atoms with E-state index >= 15 is 0 Å². The van der Waals surface area contributed by atoms with Gasteiger partial charge in [0.25, 0.3) is 0 Å². The van der Waals surface area contributed by atoms with Crippen molar-refractivity contribution in [1.82, 2.24) is 5.32 Å². The maximum atomic E-state index is 12.8. The van der Waals surface area contributed by atoms with Gasteiger partial charge in [-0.05, 0) is 19.3 Å². The molecular weight excluding hydrogens is 213 g/mol. The molecule has 0 spiro atoms. The number of rotatable bonds is 7. The van der Waals surface area contributed by atoms with Crippen LogP contribution in [-0.2, 0) is 14.3 Å². The van der Waals surface area contributed by atoms with E-state index in [0.29, 0.717) is 32.6 Å². The van der Waals surface area contributed by atoms with Crippen molar-refractivity contribution in [3.8, 4) is 0 Å². The van der Waals surface area contributed by atoms with Gasteiger partial charge in [-0.3, -0.25) is 4.79 Å². The average molecular weight is 233 g/mol. The van der Waals surface area contributed by atoms with Gasteiger partial charge in [-0.1, -0.05) is 0 Å². The topological polar surface area (TPSA) is 47.6 Å². The lowest BCUT2D eigenvalue weighted by Crippen LogP contribution is -2.26. The zero-order valence-corrected chi connectivity index (χ0v) is 9.71. The molecule has 0 saturated carbocycles. The van der Waals surface area contributed by atoms with E-state index in [1.807, 2.05) is 0 Å². The SMILES string of the molecule is COC(=O)CCCCOC[C@@H]1C[C@H](F)CN1. The number of hydrogen-bond donors (Lipinski definition) is 1. The zero-order valence-electron chi connectivity index (χ0n) is 9.71. The second-order valence-electron chi connectivity index (χ2n) is 4.05. The summed E-state index contributed by atoms with van der Waals surface area (Å²) in [5.74, 6) is -0.183. The number of methoxy groups -OCH3 is 1. The standard InChI is InChI=1S/C11H20FNO3/c1-15-11(14)4-2-3-5-16-8-10-6-9(12)7-13-10/h9-10,13H,2-8H2,1H3/t9-,10-/m0/s1. The van der Waals surface area contributed by atoms with Gasteiger partial charge in [0.1, 0.15) is 6.17 Å². The maximum absolute atomic E-state index is 12.8. The average Bonchev–Trinajstić information content (AvgIpc) is 2.69. The molecule has 5 heteroatoms. The first kappa shape index (κ1) is 13.4. The minimum absolute atomic E-state index is 0.149. The minimum Gasteiger partial charge on any atom is -0.469 e. The summed E-state index contributed by atoms with van der Waals surface area (Å²) in [5, 5.41) is 3.05. The number of ether oxygens (including phenoxy) is 2. The molecule has 0 radical (unpaired) electrons. The van der Waals surface area contributed by atoms with Crippen LogP contribution in [0.15, 0.2) is 0 Å². The van der Waals surface area contributed by atoms with Crippen LogP contribution in [0.5, 0.6) is 0 Å². The molecule has 1 aliphatic heterocycles. The first-order chi connectivity index (χ1) is 7.72. The van der Waals surface area contributed by atoms with Crippen LogP contribution in [0.4, 0.5) is 4.39 Å². The Hall–Kier alpha value is -0.680. The molecule has 1 fully saturated rings. The molecule has 0 aromatic heterocycles. The van der Waals surface area contributed by atoms with Gasteiger partial charge in [0, 0.05) is 25.6 Å². The largest absolute Gasteiger partial charge is 0.469 e. The number of halogens is 1. The summed E-state index contributed by atoms with van der Waals surface area (Å²) in [4.78, 5) is 10.8. The van der Waals surface area contributed by atoms with Crippen molar-refractivity contribution in [2.75, 3.05) is 26.9 Å². The van der Waals surface area contributed by atoms with Gasteiger partial charge in [-0.25, -0.2) is 4.39 Å². The van der Waals surface area contributed by atoms with E-state index in [9.17, 15) is 9.18 Å². The van der Waals surface area contributed by atoms with E-state index in [1.54, 1.807) is 0 Å². The molecule has 0 bridgehead atoms. The Bertz CT molecular complexity index is 213. The van der Waals surface area contributed by atoms with Crippen molar-refractivity contribution < 1.29 is 18.7 Å². The second kappa shape index (κ2) is 7.57. The van der Waals surface area contributed by atoms with Crippen LogP contribution in [-0.4, -0.2) is 45.1 Å². The van der Waals surface area contributed by atoms with Gasteiger partial charge in [-0.2, -0.15) is 0 Å². The Morgan fingerprint density at radius 3 is 2.94 bits per heavy atom. The van der Waals surface area contributed by atoms with E-state index < -0.39 is 6.17 Å². The van der Waals surface area contributed by atoms with Crippen molar-refractivity contribution in [3.05, 3.63) is 0 Å². The molecule has 0 aromatic rings. The van der Waals surface area contributed by atoms with Gasteiger partial charge >= 0.3 is 5.97 Å². The summed E-state index contributed by atoms with van der Waals surface area (Å²) in [5.41, 5.74) is 0. The van der Waals surface area contributed by atoms with E-state index in [2.05, 4.69) is 10.1 Å². The van der Waals surface area contributed by atoms with Crippen molar-refractivity contribution in [2.24, 2.45) is 0 Å². The van der Waals surface area contributed by atoms with Crippen LogP contribution in [0.1, 0.15) is 25.7 Å². The molecule has 1 saturated heterocycles. The van der Waals surface area contributed by atoms with Crippen molar-refractivity contribution in [1.29, 1.82) is 0 Å². The highest BCUT2D eigenvalue weighted by Crippen LogP contribution is 2.10. The van der Waals surface area contributed by atoms with Gasteiger partial charge in [0.2, 0.25) is 0 Å². The first-order valence-corrected chi connectivity index (χ1v) is 5.74. The van der Waals surface area contributed by atoms with Crippen molar-refractivity contribution in [2.45, 2.75) is 37.9 Å². The Balaban J connectivity index is 1.86. The Kier molecular flexibility index (Phi) is 6.33. The number of unbranched alkanes of at least 4 members (excludes halogenated alkanes) is 1. The van der Waals surface area contributed by atoms with Gasteiger partial charge in [0.05, 0.1) is 13.7 Å². The number of carbonyl (C=O) groups is 1. The molecule has 2 atom stereocenters. The first-order valence-electron chi connectivity index (χ1n) is 5.74. The Morgan fingerprint density at radius 1 is 1.50 bits per heavy atom. The predicted octanol–water partition coefficient (Wildman–Crippen LogP) is 1.05. The lowest BCUT2D eigenvalue weighted by Gasteiger charge is -2.10. The molecule has 0 unspecified atom stereocenters. The smallest absolute Gasteiger partial charge is 0.305 e. The van der Waals surface area contributed by atoms with Crippen molar-refractivity contribution >= 4 is 5.97 Å². The Labute approximate surface area is 95.5 Å². The molecule has 1 N–H and O–H groups in total. The van der Waals surface area contributed by atoms with Crippen LogP contribution in [0.3, 0.4) is 0 Å². The maximum Gasteiger partial charge on any atom is 0.305 e. The molecule has 1 heterocycles. The second-order valence-corrected chi connectivity index (χ2v) is 4.05. The lowest BCUT2D eigenvalue weighted by molar-refractivity contribution is -0.140. The lowest BCUT2D eigenvalue weighted by atomic mass is 10.2. The van der Waals surface area contributed by atoms with E-state index in [1.165, 1.54) is 7.11 Å². The third kappa shape index (κ3) is 5.42. The fraction of sp³-hybridized carbons (Fsp3) is 0.909. The van der Waals surface area contributed by atoms with E-state index in [4.69, 9.17) is 4.74 Å². The van der Waals surface area contributed by atoms with Crippen LogP contribution in [0, 0.1) is 0 Å². The van der Waals surface area contributed by atoms with Gasteiger partial charge in [0.15, 0.2) is 0 Å². The summed E-state index contributed by atoms with van der Waals surface area (Å²) >= 11 is 0. The molecule has 0 aliphatic carbocycles. The number of esters is 1. The monoisotopic (exact) mass is 233 g/mol. The molecule has 1 aliphatic rings. The molecule has 94 valence electrons. The third-order valence-electron chi connectivity index (χ3n) is 2.63. The van der Waals surface area contributed by atoms with E-state index in [-0.39, 0.29) is 12.0 Å². The zero-order chi connectivity index (χ0) is 11.8. The molecule has 4 nitrogen and oxygen atoms in total. The fourth-order valence-electron chi connectivity index (χ4n) is 1.70. The van der Waals surface area contributed by atoms with Crippen LogP contribution in [0.2, 0.25) is 0 Å². The quantitative estimate of drug-likeness (QED) is 0.527. The summed E-state index contributed by atoms with van der Waals surface area (Å²) in [6.45, 7) is 1.61. The van der Waals surface area contributed by atoms with Gasteiger partial charge < -0.3 is 14.8 Å². The normalized spacial score (nSPS) is 24.6. The third-order valence-corrected chi connectivity index (χ3v) is 2.63.